The van der Waals surface area contributed by atoms with Gasteiger partial charge in [-0.3, -0.25) is 8.37 Å². The Morgan fingerprint density at radius 2 is 0.944 bits per heavy atom. The summed E-state index contributed by atoms with van der Waals surface area (Å²) in [6.45, 7) is 3.96. The normalized spacial score (nSPS) is 39.1. The largest absolute Gasteiger partial charge is 0.296 e. The van der Waals surface area contributed by atoms with Crippen molar-refractivity contribution in [2.45, 2.75) is 23.6 Å². The molecule has 0 radical (unpaired) electrons. The van der Waals surface area contributed by atoms with Gasteiger partial charge in [-0.15, -0.1) is 0 Å². The molecule has 6 aliphatic rings. The molecule has 0 spiro atoms. The van der Waals surface area contributed by atoms with E-state index in [9.17, 15) is 16.8 Å². The maximum absolute atomic E-state index is 13.0. The molecule has 6 nitrogen and oxygen atoms in total. The first-order valence-corrected chi connectivity index (χ1v) is 15.6. The molecule has 2 unspecified atom stereocenters. The lowest BCUT2D eigenvalue weighted by Crippen LogP contribution is -2.41. The minimum atomic E-state index is -3.90. The molecular weight excluding hydrogens is 496 g/mol. The minimum absolute atomic E-state index is 0.0327. The molecule has 36 heavy (non-hydrogen) atoms. The lowest BCUT2D eigenvalue weighted by atomic mass is 9.65. The number of allylic oxidation sites excluding steroid dienone is 2. The van der Waals surface area contributed by atoms with Gasteiger partial charge in [0.15, 0.2) is 0 Å². The average molecular weight is 527 g/mol. The molecule has 0 heterocycles. The van der Waals surface area contributed by atoms with Crippen LogP contribution in [0.4, 0.5) is 0 Å². The second kappa shape index (κ2) is 7.76. The first kappa shape index (κ1) is 23.1. The zero-order valence-electron chi connectivity index (χ0n) is 20.2. The third kappa shape index (κ3) is 3.14. The number of hydrogen-bond donors (Lipinski definition) is 0. The van der Waals surface area contributed by atoms with Gasteiger partial charge in [0.2, 0.25) is 0 Å². The van der Waals surface area contributed by atoms with Crippen LogP contribution in [0.1, 0.15) is 11.1 Å². The predicted molar refractivity (Wildman–Crippen MR) is 133 cm³/mol. The van der Waals surface area contributed by atoms with Gasteiger partial charge in [0.1, 0.15) is 0 Å². The topological polar surface area (TPSA) is 86.7 Å². The van der Waals surface area contributed by atoms with E-state index in [1.165, 1.54) is 0 Å². The highest BCUT2D eigenvalue weighted by Gasteiger charge is 2.80. The van der Waals surface area contributed by atoms with E-state index in [-0.39, 0.29) is 34.8 Å². The van der Waals surface area contributed by atoms with Gasteiger partial charge in [-0.2, -0.15) is 16.8 Å². The Kier molecular flexibility index (Phi) is 4.99. The van der Waals surface area contributed by atoms with E-state index in [4.69, 9.17) is 8.37 Å². The fourth-order valence-electron chi connectivity index (χ4n) is 8.94. The van der Waals surface area contributed by atoms with E-state index < -0.39 is 20.2 Å². The van der Waals surface area contributed by atoms with Gasteiger partial charge >= 0.3 is 0 Å². The van der Waals surface area contributed by atoms with Crippen molar-refractivity contribution in [3.8, 4) is 0 Å². The van der Waals surface area contributed by atoms with Crippen LogP contribution in [0.5, 0.6) is 0 Å². The first-order valence-electron chi connectivity index (χ1n) is 12.8. The van der Waals surface area contributed by atoms with Gasteiger partial charge in [-0.1, -0.05) is 47.5 Å². The Morgan fingerprint density at radius 3 is 1.33 bits per heavy atom. The predicted octanol–water partition coefficient (Wildman–Crippen LogP) is 4.20. The molecule has 0 saturated heterocycles. The van der Waals surface area contributed by atoms with E-state index in [0.29, 0.717) is 47.3 Å². The highest BCUT2D eigenvalue weighted by molar-refractivity contribution is 7.87. The SMILES string of the molecule is Cc1ccc(S(=O)(=O)OC[C@H]2[C@H](COS(=O)(=O)c3ccc(C)cc3)[C@@H]3C4C5[C@H]6C=C[C@H]5[C@H]3[C@H]6[C@H]42)cc1. The number of benzene rings is 2. The molecule has 0 N–H and O–H groups in total. The highest BCUT2D eigenvalue weighted by Crippen LogP contribution is 2.82. The summed E-state index contributed by atoms with van der Waals surface area (Å²) < 4.78 is 63.2. The summed E-state index contributed by atoms with van der Waals surface area (Å²) in [5.74, 6) is 4.16. The summed E-state index contributed by atoms with van der Waals surface area (Å²) in [5, 5.41) is 0. The standard InChI is InChI=1S/C28H30O6S2/c1-15-3-7-17(8-4-15)35(29,30)33-13-21-22(14-34-36(31,32)18-9-5-16(2)6-10-18)27-25-20-12-11-19-23(20)28(27)26(21)24(19)25/h3-12,19-28H,13-14H2,1-2H3/t19-,20-,21+,22+,23?,24+,25+,26-,27+,28?/m1/s1. The van der Waals surface area contributed by atoms with Crippen LogP contribution in [-0.4, -0.2) is 30.0 Å². The van der Waals surface area contributed by atoms with Crippen molar-refractivity contribution >= 4 is 20.2 Å². The van der Waals surface area contributed by atoms with Crippen molar-refractivity contribution in [1.29, 1.82) is 0 Å². The monoisotopic (exact) mass is 526 g/mol. The fraction of sp³-hybridized carbons (Fsp3) is 0.500. The lowest BCUT2D eigenvalue weighted by molar-refractivity contribution is 0.0329. The van der Waals surface area contributed by atoms with Gasteiger partial charge in [0.05, 0.1) is 23.0 Å². The summed E-state index contributed by atoms with van der Waals surface area (Å²) >= 11 is 0. The Balaban J connectivity index is 1.14. The van der Waals surface area contributed by atoms with E-state index >= 15 is 0 Å². The van der Waals surface area contributed by atoms with Crippen LogP contribution < -0.4 is 0 Å². The summed E-state index contributed by atoms with van der Waals surface area (Å²) in [5.41, 5.74) is 1.96. The van der Waals surface area contributed by atoms with Crippen molar-refractivity contribution in [3.05, 3.63) is 71.8 Å². The van der Waals surface area contributed by atoms with E-state index in [1.54, 1.807) is 48.5 Å². The molecule has 2 aromatic carbocycles. The van der Waals surface area contributed by atoms with Crippen LogP contribution in [0.15, 0.2) is 70.5 Å². The molecule has 6 aliphatic carbocycles. The highest BCUT2D eigenvalue weighted by atomic mass is 32.2. The Labute approximate surface area is 213 Å². The molecule has 8 bridgehead atoms. The number of rotatable bonds is 8. The smallest absolute Gasteiger partial charge is 0.266 e. The van der Waals surface area contributed by atoms with Gasteiger partial charge in [-0.05, 0) is 97.3 Å². The number of aryl methyl sites for hydroxylation is 2. The quantitative estimate of drug-likeness (QED) is 0.379. The molecule has 5 saturated carbocycles. The second-order valence-electron chi connectivity index (χ2n) is 11.4. The molecule has 5 fully saturated rings. The van der Waals surface area contributed by atoms with Gasteiger partial charge < -0.3 is 0 Å². The molecule has 0 aromatic heterocycles. The van der Waals surface area contributed by atoms with Gasteiger partial charge in [-0.25, -0.2) is 0 Å². The summed E-state index contributed by atoms with van der Waals surface area (Å²) in [4.78, 5) is 0.303. The Morgan fingerprint density at radius 1 is 0.556 bits per heavy atom. The van der Waals surface area contributed by atoms with Crippen LogP contribution >= 0.6 is 0 Å². The van der Waals surface area contributed by atoms with Crippen LogP contribution in [0, 0.1) is 73.0 Å². The van der Waals surface area contributed by atoms with Crippen molar-refractivity contribution in [2.24, 2.45) is 59.2 Å². The molecule has 190 valence electrons. The van der Waals surface area contributed by atoms with Crippen molar-refractivity contribution in [2.75, 3.05) is 13.2 Å². The molecular formula is C28H30O6S2. The molecule has 0 amide bonds. The summed E-state index contributed by atoms with van der Waals surface area (Å²) in [6.07, 6.45) is 4.75. The van der Waals surface area contributed by atoms with E-state index in [2.05, 4.69) is 12.2 Å². The summed E-state index contributed by atoms with van der Waals surface area (Å²) in [7, 11) is -7.79. The average Bonchev–Trinajstić information content (AvgIpc) is 3.65. The summed E-state index contributed by atoms with van der Waals surface area (Å²) in [6, 6.07) is 13.3. The Bertz CT molecular complexity index is 1330. The van der Waals surface area contributed by atoms with E-state index in [0.717, 1.165) is 11.1 Å². The van der Waals surface area contributed by atoms with Crippen molar-refractivity contribution in [1.82, 2.24) is 0 Å². The van der Waals surface area contributed by atoms with Crippen LogP contribution in [0.25, 0.3) is 0 Å². The molecule has 0 aliphatic heterocycles. The van der Waals surface area contributed by atoms with Gasteiger partial charge in [0, 0.05) is 0 Å². The zero-order valence-corrected chi connectivity index (χ0v) is 21.9. The molecule has 8 heteroatoms. The van der Waals surface area contributed by atoms with Gasteiger partial charge in [0.25, 0.3) is 20.2 Å². The first-order chi connectivity index (χ1) is 17.2. The third-order valence-electron chi connectivity index (χ3n) is 9.99. The molecule has 2 aromatic rings. The fourth-order valence-corrected chi connectivity index (χ4v) is 10.8. The zero-order chi connectivity index (χ0) is 25.0. The Hall–Kier alpha value is -2.00. The van der Waals surface area contributed by atoms with Crippen molar-refractivity contribution in [3.63, 3.8) is 0 Å². The number of hydrogen-bond acceptors (Lipinski definition) is 6. The maximum atomic E-state index is 13.0. The minimum Gasteiger partial charge on any atom is -0.266 e. The lowest BCUT2D eigenvalue weighted by Gasteiger charge is -2.41. The molecule has 10 atom stereocenters. The maximum Gasteiger partial charge on any atom is 0.296 e. The van der Waals surface area contributed by atoms with Crippen molar-refractivity contribution < 1.29 is 25.2 Å². The van der Waals surface area contributed by atoms with Crippen LogP contribution in [0.2, 0.25) is 0 Å². The molecule has 8 rings (SSSR count). The van der Waals surface area contributed by atoms with Crippen LogP contribution in [-0.2, 0) is 28.6 Å². The van der Waals surface area contributed by atoms with E-state index in [1.807, 2.05) is 13.8 Å². The second-order valence-corrected chi connectivity index (χ2v) is 14.7. The third-order valence-corrected chi connectivity index (χ3v) is 12.6. The van der Waals surface area contributed by atoms with Crippen LogP contribution in [0.3, 0.4) is 0 Å².